The molecule has 2 atom stereocenters. The highest BCUT2D eigenvalue weighted by atomic mass is 16.3. The molecule has 0 radical (unpaired) electrons. The second kappa shape index (κ2) is 7.23. The van der Waals surface area contributed by atoms with Crippen LogP contribution in [0.15, 0.2) is 0 Å². The zero-order valence-electron chi connectivity index (χ0n) is 15.2. The zero-order chi connectivity index (χ0) is 17.3. The molecule has 0 aromatic carbocycles. The molecule has 0 bridgehead atoms. The van der Waals surface area contributed by atoms with Gasteiger partial charge in [-0.2, -0.15) is 5.10 Å². The first-order chi connectivity index (χ1) is 11.5. The molecule has 2 saturated heterocycles. The lowest BCUT2D eigenvalue weighted by Crippen LogP contribution is -2.37. The van der Waals surface area contributed by atoms with Crippen molar-refractivity contribution in [2.45, 2.75) is 33.1 Å². The van der Waals surface area contributed by atoms with Crippen LogP contribution in [0.25, 0.3) is 0 Å². The van der Waals surface area contributed by atoms with Gasteiger partial charge in [0.05, 0.1) is 11.3 Å². The third-order valence-corrected chi connectivity index (χ3v) is 5.76. The average Bonchev–Trinajstić information content (AvgIpc) is 3.09. The number of hydrogen-bond donors (Lipinski definition) is 1. The Balaban J connectivity index is 1.69. The lowest BCUT2D eigenvalue weighted by atomic mass is 9.95. The minimum Gasteiger partial charge on any atom is -0.396 e. The lowest BCUT2D eigenvalue weighted by molar-refractivity contribution is 0.0777. The predicted octanol–water partition coefficient (Wildman–Crippen LogP) is 1.20. The topological polar surface area (TPSA) is 61.6 Å². The molecule has 0 saturated carbocycles. The Kier molecular flexibility index (Phi) is 5.25. The molecular weight excluding hydrogens is 304 g/mol. The number of hydrogen-bond acceptors (Lipinski definition) is 4. The van der Waals surface area contributed by atoms with Gasteiger partial charge in [0.1, 0.15) is 0 Å². The molecule has 2 aliphatic heterocycles. The minimum absolute atomic E-state index is 0.0673. The molecule has 0 aliphatic carbocycles. The van der Waals surface area contributed by atoms with Crippen LogP contribution in [-0.2, 0) is 7.05 Å². The van der Waals surface area contributed by atoms with Gasteiger partial charge in [-0.25, -0.2) is 0 Å². The van der Waals surface area contributed by atoms with Gasteiger partial charge in [-0.3, -0.25) is 9.48 Å². The van der Waals surface area contributed by atoms with Gasteiger partial charge < -0.3 is 14.9 Å². The number of nitrogens with zero attached hydrogens (tertiary/aromatic N) is 4. The number of amides is 1. The summed E-state index contributed by atoms with van der Waals surface area (Å²) in [5.74, 6) is 0.625. The van der Waals surface area contributed by atoms with Crippen molar-refractivity contribution in [3.63, 3.8) is 0 Å². The first-order valence-corrected chi connectivity index (χ1v) is 9.14. The zero-order valence-corrected chi connectivity index (χ0v) is 15.2. The van der Waals surface area contributed by atoms with E-state index in [0.717, 1.165) is 43.1 Å². The second-order valence-corrected chi connectivity index (χ2v) is 7.44. The molecule has 6 heteroatoms. The standard InChI is InChI=1S/C18H30N4O2/c1-13-17(14(2)20(3)19-13)18(24)22-10-15(16(11-22)12-23)9-21-7-5-4-6-8-21/h15-16,23H,4-12H2,1-3H3. The van der Waals surface area contributed by atoms with Crippen LogP contribution in [0.2, 0.25) is 0 Å². The van der Waals surface area contributed by atoms with Gasteiger partial charge in [-0.1, -0.05) is 6.42 Å². The normalized spacial score (nSPS) is 25.4. The van der Waals surface area contributed by atoms with E-state index in [1.54, 1.807) is 4.68 Å². The van der Waals surface area contributed by atoms with E-state index >= 15 is 0 Å². The number of rotatable bonds is 4. The Morgan fingerprint density at radius 1 is 1.17 bits per heavy atom. The van der Waals surface area contributed by atoms with Crippen LogP contribution in [0, 0.1) is 25.7 Å². The highest BCUT2D eigenvalue weighted by molar-refractivity contribution is 5.96. The van der Waals surface area contributed by atoms with Crippen LogP contribution in [0.4, 0.5) is 0 Å². The maximum atomic E-state index is 13.0. The van der Waals surface area contributed by atoms with Gasteiger partial charge in [0, 0.05) is 44.9 Å². The number of piperidine rings is 1. The largest absolute Gasteiger partial charge is 0.396 e. The Morgan fingerprint density at radius 2 is 1.83 bits per heavy atom. The first kappa shape index (κ1) is 17.4. The van der Waals surface area contributed by atoms with Crippen LogP contribution in [0.1, 0.15) is 41.0 Å². The van der Waals surface area contributed by atoms with Crippen LogP contribution >= 0.6 is 0 Å². The summed E-state index contributed by atoms with van der Waals surface area (Å²) in [5.41, 5.74) is 2.44. The van der Waals surface area contributed by atoms with E-state index in [2.05, 4.69) is 10.00 Å². The molecule has 2 unspecified atom stereocenters. The fraction of sp³-hybridized carbons (Fsp3) is 0.778. The van der Waals surface area contributed by atoms with Gasteiger partial charge in [-0.05, 0) is 45.7 Å². The van der Waals surface area contributed by atoms with E-state index in [4.69, 9.17) is 0 Å². The van der Waals surface area contributed by atoms with Gasteiger partial charge in [0.2, 0.25) is 0 Å². The van der Waals surface area contributed by atoms with Crippen molar-refractivity contribution in [1.29, 1.82) is 0 Å². The molecule has 134 valence electrons. The Bertz CT molecular complexity index is 592. The number of aliphatic hydroxyl groups is 1. The smallest absolute Gasteiger partial charge is 0.257 e. The molecule has 1 aromatic heterocycles. The molecule has 0 spiro atoms. The summed E-state index contributed by atoms with van der Waals surface area (Å²) in [6.45, 7) is 8.71. The fourth-order valence-electron chi connectivity index (χ4n) is 4.23. The third-order valence-electron chi connectivity index (χ3n) is 5.76. The summed E-state index contributed by atoms with van der Waals surface area (Å²) in [7, 11) is 1.87. The molecule has 3 heterocycles. The maximum absolute atomic E-state index is 13.0. The fourth-order valence-corrected chi connectivity index (χ4v) is 4.23. The van der Waals surface area contributed by atoms with Gasteiger partial charge >= 0.3 is 0 Å². The van der Waals surface area contributed by atoms with Gasteiger partial charge in [-0.15, -0.1) is 0 Å². The van der Waals surface area contributed by atoms with E-state index in [1.165, 1.54) is 19.3 Å². The molecule has 24 heavy (non-hydrogen) atoms. The highest BCUT2D eigenvalue weighted by Gasteiger charge is 2.37. The molecule has 1 aromatic rings. The van der Waals surface area contributed by atoms with Crippen molar-refractivity contribution < 1.29 is 9.90 Å². The van der Waals surface area contributed by atoms with Crippen molar-refractivity contribution in [1.82, 2.24) is 19.6 Å². The molecule has 6 nitrogen and oxygen atoms in total. The van der Waals surface area contributed by atoms with Crippen LogP contribution in [-0.4, -0.2) is 69.9 Å². The summed E-state index contributed by atoms with van der Waals surface area (Å²) in [6.07, 6.45) is 3.87. The third kappa shape index (κ3) is 3.35. The number of likely N-dealkylation sites (tertiary alicyclic amines) is 2. The maximum Gasteiger partial charge on any atom is 0.257 e. The molecule has 3 rings (SSSR count). The number of carbonyl (C=O) groups excluding carboxylic acids is 1. The average molecular weight is 334 g/mol. The van der Waals surface area contributed by atoms with Crippen LogP contribution in [0.5, 0.6) is 0 Å². The number of aliphatic hydroxyl groups excluding tert-OH is 1. The summed E-state index contributed by atoms with van der Waals surface area (Å²) < 4.78 is 1.77. The molecule has 1 N–H and O–H groups in total. The molecule has 2 fully saturated rings. The van der Waals surface area contributed by atoms with Crippen molar-refractivity contribution in [3.8, 4) is 0 Å². The summed E-state index contributed by atoms with van der Waals surface area (Å²) >= 11 is 0. The predicted molar refractivity (Wildman–Crippen MR) is 92.9 cm³/mol. The number of aromatic nitrogens is 2. The van der Waals surface area contributed by atoms with E-state index in [-0.39, 0.29) is 18.4 Å². The Hall–Kier alpha value is -1.40. The minimum atomic E-state index is 0.0673. The van der Waals surface area contributed by atoms with Gasteiger partial charge in [0.25, 0.3) is 5.91 Å². The van der Waals surface area contributed by atoms with Crippen molar-refractivity contribution in [3.05, 3.63) is 17.0 Å². The molecular formula is C18H30N4O2. The Morgan fingerprint density at radius 3 is 2.42 bits per heavy atom. The Labute approximate surface area is 144 Å². The van der Waals surface area contributed by atoms with E-state index in [0.29, 0.717) is 12.5 Å². The number of aryl methyl sites for hydroxylation is 2. The van der Waals surface area contributed by atoms with Crippen molar-refractivity contribution in [2.24, 2.45) is 18.9 Å². The van der Waals surface area contributed by atoms with Gasteiger partial charge in [0.15, 0.2) is 0 Å². The molecule has 1 amide bonds. The summed E-state index contributed by atoms with van der Waals surface area (Å²) in [5, 5.41) is 14.1. The van der Waals surface area contributed by atoms with Crippen molar-refractivity contribution in [2.75, 3.05) is 39.3 Å². The highest BCUT2D eigenvalue weighted by Crippen LogP contribution is 2.27. The van der Waals surface area contributed by atoms with E-state index < -0.39 is 0 Å². The molecule has 2 aliphatic rings. The quantitative estimate of drug-likeness (QED) is 0.899. The SMILES string of the molecule is Cc1nn(C)c(C)c1C(=O)N1CC(CO)C(CN2CCCCC2)C1. The summed E-state index contributed by atoms with van der Waals surface area (Å²) in [4.78, 5) is 17.4. The first-order valence-electron chi connectivity index (χ1n) is 9.14. The van der Waals surface area contributed by atoms with Crippen LogP contribution in [0.3, 0.4) is 0 Å². The summed E-state index contributed by atoms with van der Waals surface area (Å²) in [6, 6.07) is 0. The lowest BCUT2D eigenvalue weighted by Gasteiger charge is -2.30. The van der Waals surface area contributed by atoms with Crippen LogP contribution < -0.4 is 0 Å². The van der Waals surface area contributed by atoms with E-state index in [9.17, 15) is 9.90 Å². The van der Waals surface area contributed by atoms with Crippen molar-refractivity contribution >= 4 is 5.91 Å². The monoisotopic (exact) mass is 334 g/mol. The van der Waals surface area contributed by atoms with E-state index in [1.807, 2.05) is 25.8 Å². The second-order valence-electron chi connectivity index (χ2n) is 7.44. The number of carbonyl (C=O) groups is 1.